The molecular formula is C18H23NO3. The molecule has 1 unspecified atom stereocenters. The lowest BCUT2D eigenvalue weighted by atomic mass is 10.1. The third-order valence-electron chi connectivity index (χ3n) is 3.72. The van der Waals surface area contributed by atoms with Crippen molar-refractivity contribution in [1.82, 2.24) is 0 Å². The Labute approximate surface area is 131 Å². The van der Waals surface area contributed by atoms with Crippen molar-refractivity contribution in [2.24, 2.45) is 4.99 Å². The van der Waals surface area contributed by atoms with Gasteiger partial charge in [0.15, 0.2) is 5.90 Å². The smallest absolute Gasteiger partial charge is 0.309 e. The fourth-order valence-corrected chi connectivity index (χ4v) is 2.51. The van der Waals surface area contributed by atoms with E-state index in [1.807, 2.05) is 24.3 Å². The minimum absolute atomic E-state index is 0.168. The molecule has 0 N–H and O–H groups in total. The maximum atomic E-state index is 11.3. The summed E-state index contributed by atoms with van der Waals surface area (Å²) in [5, 5.41) is 0. The van der Waals surface area contributed by atoms with Crippen LogP contribution in [-0.4, -0.2) is 32.1 Å². The van der Waals surface area contributed by atoms with Gasteiger partial charge in [-0.25, -0.2) is 4.99 Å². The van der Waals surface area contributed by atoms with E-state index in [1.54, 1.807) is 7.11 Å². The zero-order chi connectivity index (χ0) is 15.8. The van der Waals surface area contributed by atoms with E-state index in [0.29, 0.717) is 6.42 Å². The summed E-state index contributed by atoms with van der Waals surface area (Å²) in [7, 11) is 3.09. The number of hydrogen-bond acceptors (Lipinski definition) is 4. The number of esters is 1. The Balaban J connectivity index is 2.05. The van der Waals surface area contributed by atoms with Crippen molar-refractivity contribution < 1.29 is 14.3 Å². The van der Waals surface area contributed by atoms with Crippen LogP contribution in [0.1, 0.15) is 36.8 Å². The molecule has 0 radical (unpaired) electrons. The van der Waals surface area contributed by atoms with Crippen LogP contribution in [0.3, 0.4) is 0 Å². The molecule has 2 rings (SSSR count). The molecule has 0 aromatic heterocycles. The predicted octanol–water partition coefficient (Wildman–Crippen LogP) is 3.40. The van der Waals surface area contributed by atoms with Gasteiger partial charge in [-0.15, -0.1) is 0 Å². The predicted molar refractivity (Wildman–Crippen MR) is 87.9 cm³/mol. The topological polar surface area (TPSA) is 47.9 Å². The van der Waals surface area contributed by atoms with Gasteiger partial charge < -0.3 is 9.47 Å². The van der Waals surface area contributed by atoms with Crippen LogP contribution in [0, 0.1) is 0 Å². The van der Waals surface area contributed by atoms with Crippen LogP contribution in [0.4, 0.5) is 0 Å². The van der Waals surface area contributed by atoms with E-state index in [2.05, 4.69) is 17.1 Å². The summed E-state index contributed by atoms with van der Waals surface area (Å²) in [5.74, 6) is 0.617. The van der Waals surface area contributed by atoms with E-state index in [9.17, 15) is 4.79 Å². The van der Waals surface area contributed by atoms with Crippen LogP contribution >= 0.6 is 0 Å². The molecule has 1 aliphatic rings. The summed E-state index contributed by atoms with van der Waals surface area (Å²) in [4.78, 5) is 16.0. The highest BCUT2D eigenvalue weighted by molar-refractivity contribution is 5.76. The maximum absolute atomic E-state index is 11.3. The SMILES string of the molecule is COC(=O)Cc1cccc(C=CC2CCCCC(OC)=N2)c1. The van der Waals surface area contributed by atoms with Gasteiger partial charge in [0.25, 0.3) is 0 Å². The summed E-state index contributed by atoms with van der Waals surface area (Å²) >= 11 is 0. The minimum atomic E-state index is -0.223. The molecule has 118 valence electrons. The van der Waals surface area contributed by atoms with Gasteiger partial charge in [-0.05, 0) is 24.0 Å². The quantitative estimate of drug-likeness (QED) is 0.801. The van der Waals surface area contributed by atoms with Gasteiger partial charge in [-0.3, -0.25) is 4.79 Å². The van der Waals surface area contributed by atoms with Gasteiger partial charge in [-0.2, -0.15) is 0 Å². The van der Waals surface area contributed by atoms with Crippen LogP contribution in [0.15, 0.2) is 35.3 Å². The van der Waals surface area contributed by atoms with Crippen LogP contribution in [-0.2, 0) is 20.7 Å². The number of hydrogen-bond donors (Lipinski definition) is 0. The molecule has 1 aliphatic heterocycles. The highest BCUT2D eigenvalue weighted by Crippen LogP contribution is 2.17. The minimum Gasteiger partial charge on any atom is -0.484 e. The standard InChI is InChI=1S/C18H23NO3/c1-21-17-9-4-3-8-16(19-17)11-10-14-6-5-7-15(12-14)13-18(20)22-2/h5-7,10-12,16H,3-4,8-9,13H2,1-2H3. The number of aliphatic imine (C=N–C) groups is 1. The summed E-state index contributed by atoms with van der Waals surface area (Å²) in [6.45, 7) is 0. The Morgan fingerprint density at radius 3 is 3.00 bits per heavy atom. The molecule has 4 heteroatoms. The van der Waals surface area contributed by atoms with Crippen molar-refractivity contribution in [2.45, 2.75) is 38.1 Å². The summed E-state index contributed by atoms with van der Waals surface area (Å²) in [6, 6.07) is 8.08. The second kappa shape index (κ2) is 8.37. The highest BCUT2D eigenvalue weighted by Gasteiger charge is 2.11. The second-order valence-electron chi connectivity index (χ2n) is 5.40. The first-order valence-electron chi connectivity index (χ1n) is 7.66. The first-order valence-corrected chi connectivity index (χ1v) is 7.66. The van der Waals surface area contributed by atoms with Crippen molar-refractivity contribution in [2.75, 3.05) is 14.2 Å². The Morgan fingerprint density at radius 1 is 1.36 bits per heavy atom. The summed E-state index contributed by atoms with van der Waals surface area (Å²) in [5.41, 5.74) is 2.02. The van der Waals surface area contributed by atoms with Crippen molar-refractivity contribution in [1.29, 1.82) is 0 Å². The summed E-state index contributed by atoms with van der Waals surface area (Å²) < 4.78 is 9.99. The van der Waals surface area contributed by atoms with Crippen LogP contribution in [0.2, 0.25) is 0 Å². The first kappa shape index (κ1) is 16.3. The molecular weight excluding hydrogens is 278 g/mol. The molecule has 22 heavy (non-hydrogen) atoms. The molecule has 0 amide bonds. The monoisotopic (exact) mass is 301 g/mol. The Hall–Kier alpha value is -2.10. The molecule has 0 saturated carbocycles. The maximum Gasteiger partial charge on any atom is 0.309 e. The van der Waals surface area contributed by atoms with Crippen molar-refractivity contribution in [3.63, 3.8) is 0 Å². The molecule has 0 aliphatic carbocycles. The zero-order valence-electron chi connectivity index (χ0n) is 13.2. The zero-order valence-corrected chi connectivity index (χ0v) is 13.2. The number of nitrogens with zero attached hydrogens (tertiary/aromatic N) is 1. The van der Waals surface area contributed by atoms with Gasteiger partial charge in [0, 0.05) is 6.42 Å². The lowest BCUT2D eigenvalue weighted by molar-refractivity contribution is -0.139. The summed E-state index contributed by atoms with van der Waals surface area (Å²) in [6.07, 6.45) is 8.74. The lowest BCUT2D eigenvalue weighted by Crippen LogP contribution is -2.05. The largest absolute Gasteiger partial charge is 0.484 e. The van der Waals surface area contributed by atoms with E-state index in [-0.39, 0.29) is 12.0 Å². The van der Waals surface area contributed by atoms with Gasteiger partial charge in [0.05, 0.1) is 26.7 Å². The fraction of sp³-hybridized carbons (Fsp3) is 0.444. The molecule has 0 spiro atoms. The van der Waals surface area contributed by atoms with Gasteiger partial charge >= 0.3 is 5.97 Å². The van der Waals surface area contributed by atoms with Crippen LogP contribution < -0.4 is 0 Å². The number of carbonyl (C=O) groups excluding carboxylic acids is 1. The Bertz CT molecular complexity index is 563. The van der Waals surface area contributed by atoms with E-state index < -0.39 is 0 Å². The normalized spacial score (nSPS) is 18.6. The van der Waals surface area contributed by atoms with Crippen molar-refractivity contribution in [3.8, 4) is 0 Å². The molecule has 0 bridgehead atoms. The van der Waals surface area contributed by atoms with E-state index in [0.717, 1.165) is 42.7 Å². The molecule has 1 aromatic rings. The van der Waals surface area contributed by atoms with Gasteiger partial charge in [-0.1, -0.05) is 42.8 Å². The molecule has 0 saturated heterocycles. The first-order chi connectivity index (χ1) is 10.7. The lowest BCUT2D eigenvalue weighted by Gasteiger charge is -2.06. The van der Waals surface area contributed by atoms with Crippen LogP contribution in [0.5, 0.6) is 0 Å². The van der Waals surface area contributed by atoms with Crippen molar-refractivity contribution >= 4 is 17.9 Å². The highest BCUT2D eigenvalue weighted by atomic mass is 16.5. The third kappa shape index (κ3) is 5.02. The fourth-order valence-electron chi connectivity index (χ4n) is 2.51. The van der Waals surface area contributed by atoms with Crippen molar-refractivity contribution in [3.05, 3.63) is 41.5 Å². The third-order valence-corrected chi connectivity index (χ3v) is 3.72. The molecule has 0 fully saturated rings. The van der Waals surface area contributed by atoms with E-state index in [4.69, 9.17) is 9.47 Å². The second-order valence-corrected chi connectivity index (χ2v) is 5.40. The molecule has 1 atom stereocenters. The van der Waals surface area contributed by atoms with Gasteiger partial charge in [0.1, 0.15) is 0 Å². The average Bonchev–Trinajstić information content (AvgIpc) is 2.78. The number of rotatable bonds is 4. The number of carbonyl (C=O) groups is 1. The van der Waals surface area contributed by atoms with Crippen LogP contribution in [0.25, 0.3) is 6.08 Å². The Morgan fingerprint density at radius 2 is 2.23 bits per heavy atom. The van der Waals surface area contributed by atoms with E-state index >= 15 is 0 Å². The molecule has 4 nitrogen and oxygen atoms in total. The average molecular weight is 301 g/mol. The number of benzene rings is 1. The number of methoxy groups -OCH3 is 2. The molecule has 1 heterocycles. The van der Waals surface area contributed by atoms with E-state index in [1.165, 1.54) is 7.11 Å². The van der Waals surface area contributed by atoms with Gasteiger partial charge in [0.2, 0.25) is 0 Å². The Kier molecular flexibility index (Phi) is 6.19. The number of ether oxygens (including phenoxy) is 2. The molecule has 1 aromatic carbocycles.